The first-order valence-corrected chi connectivity index (χ1v) is 11.3. The van der Waals surface area contributed by atoms with Crippen molar-refractivity contribution in [1.29, 1.82) is 0 Å². The quantitative estimate of drug-likeness (QED) is 0.620. The Balaban J connectivity index is 1.69. The molecule has 3 N–H and O–H groups in total. The molecule has 1 aliphatic heterocycles. The van der Waals surface area contributed by atoms with Crippen molar-refractivity contribution in [1.82, 2.24) is 14.7 Å². The summed E-state index contributed by atoms with van der Waals surface area (Å²) in [5.74, 6) is 1.44. The summed E-state index contributed by atoms with van der Waals surface area (Å²) in [4.78, 5) is 4.50. The number of nitrogens with one attached hydrogen (secondary N) is 1. The molecular formula is C26H32N4O. The molecule has 5 heteroatoms. The molecule has 3 aromatic rings. The number of fused-ring (bicyclic) bond motifs is 1. The average molecular weight is 417 g/mol. The van der Waals surface area contributed by atoms with Crippen LogP contribution in [-0.4, -0.2) is 29.6 Å². The van der Waals surface area contributed by atoms with Crippen molar-refractivity contribution in [2.45, 2.75) is 46.0 Å². The molecule has 5 nitrogen and oxygen atoms in total. The molecule has 5 rings (SSSR count). The molecular weight excluding hydrogens is 384 g/mol. The van der Waals surface area contributed by atoms with Gasteiger partial charge in [-0.3, -0.25) is 0 Å². The number of aryl methyl sites for hydroxylation is 2. The minimum Gasteiger partial charge on any atom is -0.497 e. The van der Waals surface area contributed by atoms with Gasteiger partial charge in [0.15, 0.2) is 0 Å². The summed E-state index contributed by atoms with van der Waals surface area (Å²) in [6.07, 6.45) is 10.5. The third-order valence-electron chi connectivity index (χ3n) is 7.46. The van der Waals surface area contributed by atoms with E-state index in [1.807, 2.05) is 18.3 Å². The molecule has 0 unspecified atom stereocenters. The number of ether oxygens (including phenoxy) is 1. The van der Waals surface area contributed by atoms with E-state index in [1.54, 1.807) is 7.11 Å². The third-order valence-corrected chi connectivity index (χ3v) is 7.46. The molecule has 1 aliphatic carbocycles. The van der Waals surface area contributed by atoms with Gasteiger partial charge in [-0.05, 0) is 87.7 Å². The van der Waals surface area contributed by atoms with Crippen LogP contribution < -0.4 is 15.8 Å². The zero-order valence-corrected chi connectivity index (χ0v) is 18.8. The Kier molecular flexibility index (Phi) is 5.01. The van der Waals surface area contributed by atoms with Gasteiger partial charge < -0.3 is 20.2 Å². The second-order valence-corrected chi connectivity index (χ2v) is 9.22. The first-order chi connectivity index (χ1) is 15.0. The predicted octanol–water partition coefficient (Wildman–Crippen LogP) is 5.15. The summed E-state index contributed by atoms with van der Waals surface area (Å²) in [5, 5.41) is 3.52. The second kappa shape index (κ2) is 7.72. The Morgan fingerprint density at radius 3 is 2.45 bits per heavy atom. The Hall–Kier alpha value is -2.79. The van der Waals surface area contributed by atoms with E-state index in [1.165, 1.54) is 48.1 Å². The molecule has 1 fully saturated rings. The summed E-state index contributed by atoms with van der Waals surface area (Å²) in [6.45, 7) is 6.62. The van der Waals surface area contributed by atoms with E-state index in [4.69, 9.17) is 10.5 Å². The lowest BCUT2D eigenvalue weighted by atomic mass is 9.68. The van der Waals surface area contributed by atoms with Gasteiger partial charge in [0.2, 0.25) is 0 Å². The fourth-order valence-corrected chi connectivity index (χ4v) is 5.67. The van der Waals surface area contributed by atoms with Gasteiger partial charge in [-0.15, -0.1) is 0 Å². The van der Waals surface area contributed by atoms with Gasteiger partial charge in [0.1, 0.15) is 11.6 Å². The van der Waals surface area contributed by atoms with Gasteiger partial charge in [0.25, 0.3) is 0 Å². The Morgan fingerprint density at radius 2 is 1.81 bits per heavy atom. The third kappa shape index (κ3) is 3.32. The number of methoxy groups -OCH3 is 1. The van der Waals surface area contributed by atoms with E-state index >= 15 is 0 Å². The fourth-order valence-electron chi connectivity index (χ4n) is 5.67. The van der Waals surface area contributed by atoms with Crippen LogP contribution in [0.1, 0.15) is 49.1 Å². The van der Waals surface area contributed by atoms with Crippen molar-refractivity contribution >= 4 is 16.9 Å². The number of nitrogens with two attached hydrogens (primary N) is 1. The van der Waals surface area contributed by atoms with Crippen LogP contribution in [0, 0.1) is 19.3 Å². The molecule has 31 heavy (non-hydrogen) atoms. The van der Waals surface area contributed by atoms with Gasteiger partial charge in [-0.1, -0.05) is 18.2 Å². The Morgan fingerprint density at radius 1 is 1.06 bits per heavy atom. The van der Waals surface area contributed by atoms with Crippen molar-refractivity contribution in [3.63, 3.8) is 0 Å². The van der Waals surface area contributed by atoms with Crippen LogP contribution in [-0.2, 0) is 0 Å². The maximum absolute atomic E-state index is 6.46. The van der Waals surface area contributed by atoms with Crippen LogP contribution in [0.15, 0.2) is 36.5 Å². The normalized spacial score (nSPS) is 18.4. The summed E-state index contributed by atoms with van der Waals surface area (Å²) in [7, 11) is 1.70. The molecule has 0 amide bonds. The topological polar surface area (TPSA) is 64.6 Å². The molecule has 0 radical (unpaired) electrons. The van der Waals surface area contributed by atoms with E-state index in [9.17, 15) is 0 Å². The van der Waals surface area contributed by atoms with Gasteiger partial charge in [0.05, 0.1) is 12.6 Å². The number of benzene rings is 1. The van der Waals surface area contributed by atoms with E-state index in [0.717, 1.165) is 42.0 Å². The predicted molar refractivity (Wildman–Crippen MR) is 127 cm³/mol. The highest BCUT2D eigenvalue weighted by Gasteiger charge is 2.35. The molecule has 2 aliphatic rings. The first-order valence-electron chi connectivity index (χ1n) is 11.3. The maximum atomic E-state index is 6.46. The highest BCUT2D eigenvalue weighted by atomic mass is 16.5. The van der Waals surface area contributed by atoms with Gasteiger partial charge in [-0.25, -0.2) is 4.98 Å². The van der Waals surface area contributed by atoms with Crippen molar-refractivity contribution < 1.29 is 4.74 Å². The van der Waals surface area contributed by atoms with E-state index in [-0.39, 0.29) is 0 Å². The van der Waals surface area contributed by atoms with Crippen LogP contribution in [0.5, 0.6) is 5.75 Å². The Labute approximate surface area is 184 Å². The standard InChI is InChI=1S/C26H32N4O/c1-17-16-29-25(27)24-23(19-4-6-21(31-3)7-5-19)22(18(2)30(17)24)20-8-10-26(11-9-20)12-14-28-15-13-26/h4-8,16,28H,9-15H2,1-3H3,(H2,27,29). The molecule has 162 valence electrons. The molecule has 0 saturated carbocycles. The van der Waals surface area contributed by atoms with Crippen LogP contribution in [0.2, 0.25) is 0 Å². The van der Waals surface area contributed by atoms with E-state index < -0.39 is 0 Å². The molecule has 1 aromatic carbocycles. The number of hydrogen-bond donors (Lipinski definition) is 2. The molecule has 0 atom stereocenters. The highest BCUT2D eigenvalue weighted by molar-refractivity contribution is 5.98. The highest BCUT2D eigenvalue weighted by Crippen LogP contribution is 2.48. The number of piperidine rings is 1. The maximum Gasteiger partial charge on any atom is 0.148 e. The zero-order valence-electron chi connectivity index (χ0n) is 18.8. The van der Waals surface area contributed by atoms with Gasteiger partial charge >= 0.3 is 0 Å². The number of allylic oxidation sites excluding steroid dienone is 2. The van der Waals surface area contributed by atoms with E-state index in [2.05, 4.69) is 46.8 Å². The molecule has 0 bridgehead atoms. The smallest absolute Gasteiger partial charge is 0.148 e. The number of nitrogen functional groups attached to an aromatic ring is 1. The van der Waals surface area contributed by atoms with Crippen molar-refractivity contribution in [3.8, 4) is 16.9 Å². The number of anilines is 1. The molecule has 1 saturated heterocycles. The zero-order chi connectivity index (χ0) is 21.6. The summed E-state index contributed by atoms with van der Waals surface area (Å²) in [5.41, 5.74) is 15.5. The first kappa shape index (κ1) is 20.1. The van der Waals surface area contributed by atoms with Crippen molar-refractivity contribution in [3.05, 3.63) is 53.5 Å². The summed E-state index contributed by atoms with van der Waals surface area (Å²) < 4.78 is 7.68. The SMILES string of the molecule is COc1ccc(-c2c(C3=CCC4(CCNCC4)CC3)c(C)n3c(C)cnc(N)c23)cc1. The van der Waals surface area contributed by atoms with Gasteiger partial charge in [0, 0.05) is 28.7 Å². The monoisotopic (exact) mass is 416 g/mol. The van der Waals surface area contributed by atoms with Gasteiger partial charge in [-0.2, -0.15) is 0 Å². The molecule has 2 aromatic heterocycles. The van der Waals surface area contributed by atoms with E-state index in [0.29, 0.717) is 11.2 Å². The minimum atomic E-state index is 0.485. The minimum absolute atomic E-state index is 0.485. The number of aromatic nitrogens is 2. The van der Waals surface area contributed by atoms with Crippen molar-refractivity contribution in [2.24, 2.45) is 5.41 Å². The van der Waals surface area contributed by atoms with Crippen LogP contribution in [0.3, 0.4) is 0 Å². The second-order valence-electron chi connectivity index (χ2n) is 9.22. The van der Waals surface area contributed by atoms with Crippen molar-refractivity contribution in [2.75, 3.05) is 25.9 Å². The molecule has 3 heterocycles. The molecule has 1 spiro atoms. The van der Waals surface area contributed by atoms with Crippen LogP contribution in [0.4, 0.5) is 5.82 Å². The number of rotatable bonds is 3. The lowest BCUT2D eigenvalue weighted by molar-refractivity contribution is 0.184. The average Bonchev–Trinajstić information content (AvgIpc) is 3.12. The van der Waals surface area contributed by atoms with Crippen LogP contribution in [0.25, 0.3) is 22.2 Å². The summed E-state index contributed by atoms with van der Waals surface area (Å²) >= 11 is 0. The fraction of sp³-hybridized carbons (Fsp3) is 0.423. The lowest BCUT2D eigenvalue weighted by Crippen LogP contribution is -2.37. The summed E-state index contributed by atoms with van der Waals surface area (Å²) in [6, 6.07) is 8.32. The lowest BCUT2D eigenvalue weighted by Gasteiger charge is -2.40. The van der Waals surface area contributed by atoms with Crippen LogP contribution >= 0.6 is 0 Å². The number of nitrogens with zero attached hydrogens (tertiary/aromatic N) is 2. The largest absolute Gasteiger partial charge is 0.497 e. The number of hydrogen-bond acceptors (Lipinski definition) is 4. The Bertz CT molecular complexity index is 1150.